The molecule has 2 amide bonds. The molecule has 5 nitrogen and oxygen atoms in total. The molecule has 134 valence electrons. The predicted octanol–water partition coefficient (Wildman–Crippen LogP) is 4.34. The molecule has 5 heteroatoms. The minimum atomic E-state index is -0.672. The highest BCUT2D eigenvalue weighted by atomic mass is 16.3. The Morgan fingerprint density at radius 2 is 1.56 bits per heavy atom. The topological polar surface area (TPSA) is 71.3 Å². The standard InChI is InChI=1S/C22H18N2O3/c1-14(23-22(26)15-7-3-2-4-8-15)21(25)24-16-11-12-20-18(13-16)17-9-5-6-10-19(17)27-20/h2-14H,1H3,(H,23,26)(H,24,25)/t14-/m0/s1. The van der Waals surface area contributed by atoms with Crippen LogP contribution in [0.3, 0.4) is 0 Å². The Bertz CT molecular complexity index is 1130. The maximum Gasteiger partial charge on any atom is 0.251 e. The molecule has 0 spiro atoms. The van der Waals surface area contributed by atoms with Gasteiger partial charge >= 0.3 is 0 Å². The second-order valence-corrected chi connectivity index (χ2v) is 6.36. The van der Waals surface area contributed by atoms with E-state index in [4.69, 9.17) is 4.42 Å². The van der Waals surface area contributed by atoms with Crippen molar-refractivity contribution >= 4 is 39.4 Å². The van der Waals surface area contributed by atoms with Crippen LogP contribution in [0.25, 0.3) is 21.9 Å². The van der Waals surface area contributed by atoms with Gasteiger partial charge in [0.15, 0.2) is 0 Å². The summed E-state index contributed by atoms with van der Waals surface area (Å²) in [7, 11) is 0. The van der Waals surface area contributed by atoms with Crippen molar-refractivity contribution in [3.63, 3.8) is 0 Å². The predicted molar refractivity (Wildman–Crippen MR) is 106 cm³/mol. The Kier molecular flexibility index (Phi) is 4.34. The summed E-state index contributed by atoms with van der Waals surface area (Å²) in [6.45, 7) is 1.65. The molecule has 1 atom stereocenters. The molecule has 0 aliphatic rings. The fraction of sp³-hybridized carbons (Fsp3) is 0.0909. The smallest absolute Gasteiger partial charge is 0.251 e. The van der Waals surface area contributed by atoms with E-state index in [0.29, 0.717) is 11.3 Å². The maximum atomic E-state index is 12.5. The first-order chi connectivity index (χ1) is 13.1. The Hall–Kier alpha value is -3.60. The number of hydrogen-bond donors (Lipinski definition) is 2. The third-order valence-electron chi connectivity index (χ3n) is 4.42. The summed E-state index contributed by atoms with van der Waals surface area (Å²) in [5.41, 5.74) is 2.74. The van der Waals surface area contributed by atoms with Crippen molar-refractivity contribution in [2.75, 3.05) is 5.32 Å². The lowest BCUT2D eigenvalue weighted by molar-refractivity contribution is -0.117. The Labute approximate surface area is 156 Å². The average Bonchev–Trinajstić information content (AvgIpc) is 3.06. The number of carbonyl (C=O) groups excluding carboxylic acids is 2. The minimum Gasteiger partial charge on any atom is -0.456 e. The maximum absolute atomic E-state index is 12.5. The molecule has 0 aliphatic carbocycles. The van der Waals surface area contributed by atoms with Crippen molar-refractivity contribution in [3.05, 3.63) is 78.4 Å². The molecule has 0 fully saturated rings. The van der Waals surface area contributed by atoms with E-state index < -0.39 is 6.04 Å². The van der Waals surface area contributed by atoms with E-state index >= 15 is 0 Å². The summed E-state index contributed by atoms with van der Waals surface area (Å²) >= 11 is 0. The Morgan fingerprint density at radius 1 is 0.852 bits per heavy atom. The van der Waals surface area contributed by atoms with Crippen LogP contribution in [-0.2, 0) is 4.79 Å². The second kappa shape index (κ2) is 6.96. The molecule has 1 aromatic heterocycles. The van der Waals surface area contributed by atoms with Crippen LogP contribution in [0.1, 0.15) is 17.3 Å². The molecule has 0 aliphatic heterocycles. The fourth-order valence-corrected chi connectivity index (χ4v) is 2.99. The Morgan fingerprint density at radius 3 is 2.37 bits per heavy atom. The van der Waals surface area contributed by atoms with Crippen molar-refractivity contribution in [2.24, 2.45) is 0 Å². The van der Waals surface area contributed by atoms with E-state index in [2.05, 4.69) is 10.6 Å². The molecule has 0 bridgehead atoms. The van der Waals surface area contributed by atoms with E-state index in [1.807, 2.05) is 42.5 Å². The lowest BCUT2D eigenvalue weighted by Gasteiger charge is -2.14. The van der Waals surface area contributed by atoms with Crippen LogP contribution in [0.4, 0.5) is 5.69 Å². The van der Waals surface area contributed by atoms with Gasteiger partial charge in [0.25, 0.3) is 5.91 Å². The van der Waals surface area contributed by atoms with Crippen molar-refractivity contribution in [1.29, 1.82) is 0 Å². The number of para-hydroxylation sites is 1. The number of benzene rings is 3. The summed E-state index contributed by atoms with van der Waals surface area (Å²) in [6.07, 6.45) is 0. The van der Waals surface area contributed by atoms with E-state index in [0.717, 1.165) is 21.9 Å². The Balaban J connectivity index is 1.50. The van der Waals surface area contributed by atoms with Crippen molar-refractivity contribution in [1.82, 2.24) is 5.32 Å². The summed E-state index contributed by atoms with van der Waals surface area (Å²) in [5, 5.41) is 7.49. The molecule has 1 heterocycles. The van der Waals surface area contributed by atoms with Crippen LogP contribution in [0.5, 0.6) is 0 Å². The van der Waals surface area contributed by atoms with Crippen LogP contribution < -0.4 is 10.6 Å². The molecule has 0 saturated carbocycles. The molecule has 3 aromatic carbocycles. The van der Waals surface area contributed by atoms with Gasteiger partial charge in [-0.1, -0.05) is 36.4 Å². The number of carbonyl (C=O) groups is 2. The summed E-state index contributed by atoms with van der Waals surface area (Å²) < 4.78 is 5.79. The third kappa shape index (κ3) is 3.40. The number of nitrogens with one attached hydrogen (secondary N) is 2. The normalized spacial score (nSPS) is 12.0. The van der Waals surface area contributed by atoms with Crippen LogP contribution in [-0.4, -0.2) is 17.9 Å². The van der Waals surface area contributed by atoms with Crippen molar-refractivity contribution < 1.29 is 14.0 Å². The minimum absolute atomic E-state index is 0.283. The zero-order chi connectivity index (χ0) is 18.8. The molecule has 0 saturated heterocycles. The van der Waals surface area contributed by atoms with Crippen LogP contribution >= 0.6 is 0 Å². The zero-order valence-electron chi connectivity index (χ0n) is 14.7. The van der Waals surface area contributed by atoms with Gasteiger partial charge in [-0.3, -0.25) is 9.59 Å². The first-order valence-corrected chi connectivity index (χ1v) is 8.70. The van der Waals surface area contributed by atoms with Crippen LogP contribution in [0, 0.1) is 0 Å². The number of anilines is 1. The fourth-order valence-electron chi connectivity index (χ4n) is 2.99. The van der Waals surface area contributed by atoms with Gasteiger partial charge in [0.2, 0.25) is 5.91 Å². The molecule has 0 unspecified atom stereocenters. The first kappa shape index (κ1) is 16.8. The van der Waals surface area contributed by atoms with Gasteiger partial charge in [-0.25, -0.2) is 0 Å². The monoisotopic (exact) mass is 358 g/mol. The van der Waals surface area contributed by atoms with Gasteiger partial charge in [-0.05, 0) is 43.3 Å². The van der Waals surface area contributed by atoms with E-state index in [1.54, 1.807) is 37.3 Å². The molecule has 4 aromatic rings. The largest absolute Gasteiger partial charge is 0.456 e. The average molecular weight is 358 g/mol. The lowest BCUT2D eigenvalue weighted by Crippen LogP contribution is -2.41. The van der Waals surface area contributed by atoms with E-state index in [9.17, 15) is 9.59 Å². The van der Waals surface area contributed by atoms with Gasteiger partial charge in [0.05, 0.1) is 0 Å². The molecule has 27 heavy (non-hydrogen) atoms. The molecule has 4 rings (SSSR count). The molecule has 0 radical (unpaired) electrons. The van der Waals surface area contributed by atoms with Crippen LogP contribution in [0.2, 0.25) is 0 Å². The number of amides is 2. The van der Waals surface area contributed by atoms with E-state index in [-0.39, 0.29) is 11.8 Å². The quantitative estimate of drug-likeness (QED) is 0.570. The van der Waals surface area contributed by atoms with Crippen LogP contribution in [0.15, 0.2) is 77.2 Å². The van der Waals surface area contributed by atoms with Gasteiger partial charge in [-0.2, -0.15) is 0 Å². The summed E-state index contributed by atoms with van der Waals surface area (Å²) in [6, 6.07) is 21.4. The van der Waals surface area contributed by atoms with Crippen molar-refractivity contribution in [3.8, 4) is 0 Å². The number of hydrogen-bond acceptors (Lipinski definition) is 3. The molecule has 2 N–H and O–H groups in total. The SMILES string of the molecule is C[C@H](NC(=O)c1ccccc1)C(=O)Nc1ccc2oc3ccccc3c2c1. The third-order valence-corrected chi connectivity index (χ3v) is 4.42. The van der Waals surface area contributed by atoms with E-state index in [1.165, 1.54) is 0 Å². The highest BCUT2D eigenvalue weighted by Crippen LogP contribution is 2.30. The zero-order valence-corrected chi connectivity index (χ0v) is 14.7. The number of furan rings is 1. The van der Waals surface area contributed by atoms with Gasteiger partial charge in [0.1, 0.15) is 17.2 Å². The lowest BCUT2D eigenvalue weighted by atomic mass is 10.1. The highest BCUT2D eigenvalue weighted by molar-refractivity contribution is 6.07. The molecular weight excluding hydrogens is 340 g/mol. The first-order valence-electron chi connectivity index (χ1n) is 8.70. The number of fused-ring (bicyclic) bond motifs is 3. The summed E-state index contributed by atoms with van der Waals surface area (Å²) in [4.78, 5) is 24.7. The number of rotatable bonds is 4. The highest BCUT2D eigenvalue weighted by Gasteiger charge is 2.17. The van der Waals surface area contributed by atoms with Gasteiger partial charge in [-0.15, -0.1) is 0 Å². The van der Waals surface area contributed by atoms with Gasteiger partial charge in [0, 0.05) is 22.0 Å². The van der Waals surface area contributed by atoms with Crippen molar-refractivity contribution in [2.45, 2.75) is 13.0 Å². The second-order valence-electron chi connectivity index (χ2n) is 6.36. The molecular formula is C22H18N2O3. The van der Waals surface area contributed by atoms with Gasteiger partial charge < -0.3 is 15.1 Å². The summed E-state index contributed by atoms with van der Waals surface area (Å²) in [5.74, 6) is -0.569.